The molecule has 0 bridgehead atoms. The van der Waals surface area contributed by atoms with E-state index >= 15 is 0 Å². The van der Waals surface area contributed by atoms with Crippen molar-refractivity contribution in [1.82, 2.24) is 5.32 Å². The van der Waals surface area contributed by atoms with Gasteiger partial charge < -0.3 is 20.7 Å². The van der Waals surface area contributed by atoms with Crippen LogP contribution in [-0.2, 0) is 14.3 Å². The van der Waals surface area contributed by atoms with Gasteiger partial charge in [0.2, 0.25) is 5.91 Å². The molecule has 5 aromatic rings. The van der Waals surface area contributed by atoms with E-state index in [1.165, 1.54) is 29.2 Å². The van der Waals surface area contributed by atoms with Crippen LogP contribution in [-0.4, -0.2) is 36.1 Å². The summed E-state index contributed by atoms with van der Waals surface area (Å²) in [6.45, 7) is 1.92. The SMILES string of the molecule is CCOC(=O)c1c(-c2ccccc2)csc1NC(=O)CSc1cccc(NC(=O)/C(=C\c2c(Cl)cccc2Cl)NC(=O)c2ccccc2)c1. The van der Waals surface area contributed by atoms with Gasteiger partial charge in [-0.1, -0.05) is 83.9 Å². The van der Waals surface area contributed by atoms with Crippen LogP contribution in [0.4, 0.5) is 10.7 Å². The van der Waals surface area contributed by atoms with Crippen molar-refractivity contribution in [3.05, 3.63) is 141 Å². The number of thiophene rings is 1. The normalized spacial score (nSPS) is 11.0. The van der Waals surface area contributed by atoms with Crippen molar-refractivity contribution in [2.24, 2.45) is 0 Å². The first-order valence-corrected chi connectivity index (χ1v) is 17.6. The van der Waals surface area contributed by atoms with Crippen LogP contribution < -0.4 is 16.0 Å². The summed E-state index contributed by atoms with van der Waals surface area (Å²) in [5.41, 5.74) is 2.90. The van der Waals surface area contributed by atoms with Gasteiger partial charge in [0.05, 0.1) is 12.4 Å². The molecule has 0 fully saturated rings. The molecule has 1 heterocycles. The fourth-order valence-corrected chi connectivity index (χ4v) is 6.83. The van der Waals surface area contributed by atoms with E-state index in [9.17, 15) is 19.2 Å². The molecule has 12 heteroatoms. The van der Waals surface area contributed by atoms with Crippen LogP contribution in [0.1, 0.15) is 33.2 Å². The number of nitrogens with one attached hydrogen (secondary N) is 3. The van der Waals surface area contributed by atoms with Crippen LogP contribution in [0, 0.1) is 0 Å². The average Bonchev–Trinajstić information content (AvgIpc) is 3.53. The molecule has 0 spiro atoms. The smallest absolute Gasteiger partial charge is 0.341 e. The zero-order chi connectivity index (χ0) is 34.8. The molecule has 49 heavy (non-hydrogen) atoms. The van der Waals surface area contributed by atoms with E-state index in [1.54, 1.807) is 79.7 Å². The quantitative estimate of drug-likeness (QED) is 0.0671. The van der Waals surface area contributed by atoms with Gasteiger partial charge in [-0.05, 0) is 61.0 Å². The van der Waals surface area contributed by atoms with Crippen molar-refractivity contribution < 1.29 is 23.9 Å². The Labute approximate surface area is 301 Å². The van der Waals surface area contributed by atoms with Gasteiger partial charge in [-0.2, -0.15) is 0 Å². The largest absolute Gasteiger partial charge is 0.462 e. The van der Waals surface area contributed by atoms with Crippen LogP contribution in [0.25, 0.3) is 17.2 Å². The molecule has 0 atom stereocenters. The average molecular weight is 731 g/mol. The zero-order valence-corrected chi connectivity index (χ0v) is 29.1. The van der Waals surface area contributed by atoms with Crippen LogP contribution in [0.3, 0.4) is 0 Å². The molecule has 3 amide bonds. The highest BCUT2D eigenvalue weighted by Crippen LogP contribution is 2.36. The van der Waals surface area contributed by atoms with Gasteiger partial charge in [-0.3, -0.25) is 14.4 Å². The van der Waals surface area contributed by atoms with Crippen LogP contribution in [0.2, 0.25) is 10.0 Å². The first-order chi connectivity index (χ1) is 23.7. The van der Waals surface area contributed by atoms with Gasteiger partial charge in [-0.25, -0.2) is 4.79 Å². The lowest BCUT2D eigenvalue weighted by Gasteiger charge is -2.13. The van der Waals surface area contributed by atoms with Gasteiger partial charge in [0.15, 0.2) is 0 Å². The lowest BCUT2D eigenvalue weighted by Crippen LogP contribution is -2.30. The molecule has 0 aliphatic carbocycles. The number of benzene rings is 4. The molecule has 0 saturated heterocycles. The summed E-state index contributed by atoms with van der Waals surface area (Å²) >= 11 is 15.2. The standard InChI is InChI=1S/C37H29Cl2N3O5S2/c1-2-47-37(46)33-28(23-11-5-3-6-12-23)21-49-36(33)42-32(43)22-48-26-16-9-15-25(19-26)40-35(45)31(20-27-29(38)17-10-18-30(27)39)41-34(44)24-13-7-4-8-14-24/h3-21H,2,22H2,1H3,(H,40,45)(H,41,44)(H,42,43)/b31-20+. The van der Waals surface area contributed by atoms with Crippen molar-refractivity contribution in [1.29, 1.82) is 0 Å². The number of hydrogen-bond acceptors (Lipinski definition) is 7. The second-order valence-corrected chi connectivity index (χ2v) is 13.0. The number of anilines is 2. The van der Waals surface area contributed by atoms with Crippen LogP contribution in [0.15, 0.2) is 119 Å². The number of esters is 1. The van der Waals surface area contributed by atoms with Crippen molar-refractivity contribution in [2.75, 3.05) is 23.0 Å². The number of hydrogen-bond donors (Lipinski definition) is 3. The Bertz CT molecular complexity index is 2000. The predicted octanol–water partition coefficient (Wildman–Crippen LogP) is 9.04. The number of halogens is 2. The third-order valence-corrected chi connectivity index (χ3v) is 9.44. The highest BCUT2D eigenvalue weighted by molar-refractivity contribution is 8.00. The van der Waals surface area contributed by atoms with Crippen LogP contribution in [0.5, 0.6) is 0 Å². The van der Waals surface area contributed by atoms with E-state index in [0.717, 1.165) is 5.56 Å². The van der Waals surface area contributed by atoms with E-state index in [2.05, 4.69) is 16.0 Å². The monoisotopic (exact) mass is 729 g/mol. The predicted molar refractivity (Wildman–Crippen MR) is 198 cm³/mol. The highest BCUT2D eigenvalue weighted by atomic mass is 35.5. The van der Waals surface area contributed by atoms with Crippen molar-refractivity contribution in [3.8, 4) is 11.1 Å². The van der Waals surface area contributed by atoms with Gasteiger partial charge in [0.25, 0.3) is 11.8 Å². The molecule has 0 aliphatic heterocycles. The molecular weight excluding hydrogens is 701 g/mol. The highest BCUT2D eigenvalue weighted by Gasteiger charge is 2.23. The maximum Gasteiger partial charge on any atom is 0.341 e. The zero-order valence-electron chi connectivity index (χ0n) is 26.0. The van der Waals surface area contributed by atoms with Crippen LogP contribution >= 0.6 is 46.3 Å². The molecule has 4 aromatic carbocycles. The lowest BCUT2D eigenvalue weighted by atomic mass is 10.0. The molecule has 248 valence electrons. The topological polar surface area (TPSA) is 114 Å². The number of carbonyl (C=O) groups excluding carboxylic acids is 4. The van der Waals surface area contributed by atoms with Crippen molar-refractivity contribution in [3.63, 3.8) is 0 Å². The summed E-state index contributed by atoms with van der Waals surface area (Å²) < 4.78 is 5.29. The molecule has 1 aromatic heterocycles. The number of thioether (sulfide) groups is 1. The minimum Gasteiger partial charge on any atom is -0.462 e. The maximum absolute atomic E-state index is 13.5. The van der Waals surface area contributed by atoms with Crippen molar-refractivity contribution >= 4 is 86.8 Å². The summed E-state index contributed by atoms with van der Waals surface area (Å²) in [5, 5.41) is 11.2. The summed E-state index contributed by atoms with van der Waals surface area (Å²) in [4.78, 5) is 53.2. The van der Waals surface area contributed by atoms with Gasteiger partial charge in [-0.15, -0.1) is 23.1 Å². The maximum atomic E-state index is 13.5. The lowest BCUT2D eigenvalue weighted by molar-refractivity contribution is -0.114. The number of rotatable bonds is 12. The molecule has 5 rings (SSSR count). The molecule has 0 radical (unpaired) electrons. The molecule has 0 aliphatic rings. The molecule has 0 unspecified atom stereocenters. The number of carbonyl (C=O) groups is 4. The second kappa shape index (κ2) is 17.0. The summed E-state index contributed by atoms with van der Waals surface area (Å²) in [6, 6.07) is 29.7. The van der Waals surface area contributed by atoms with Gasteiger partial charge in [0, 0.05) is 42.7 Å². The fourth-order valence-electron chi connectivity index (χ4n) is 4.59. The first-order valence-electron chi connectivity index (χ1n) is 14.9. The van der Waals surface area contributed by atoms with E-state index in [-0.39, 0.29) is 24.0 Å². The van der Waals surface area contributed by atoms with E-state index in [1.807, 2.05) is 35.7 Å². The molecule has 8 nitrogen and oxygen atoms in total. The molecular formula is C37H29Cl2N3O5S2. The van der Waals surface area contributed by atoms with E-state index in [4.69, 9.17) is 27.9 Å². The Morgan fingerprint density at radius 2 is 1.51 bits per heavy atom. The minimum atomic E-state index is -0.612. The van der Waals surface area contributed by atoms with Gasteiger partial charge >= 0.3 is 5.97 Å². The Morgan fingerprint density at radius 1 is 0.837 bits per heavy atom. The third-order valence-electron chi connectivity index (χ3n) is 6.89. The number of ether oxygens (including phenoxy) is 1. The molecule has 0 saturated carbocycles. The van der Waals surface area contributed by atoms with Gasteiger partial charge in [0.1, 0.15) is 16.3 Å². The molecule has 3 N–H and O–H groups in total. The third kappa shape index (κ3) is 9.39. The fraction of sp³-hybridized carbons (Fsp3) is 0.0811. The minimum absolute atomic E-state index is 0.0293. The van der Waals surface area contributed by atoms with Crippen molar-refractivity contribution in [2.45, 2.75) is 11.8 Å². The second-order valence-electron chi connectivity index (χ2n) is 10.3. The summed E-state index contributed by atoms with van der Waals surface area (Å²) in [6.07, 6.45) is 1.42. The first kappa shape index (κ1) is 35.4. The summed E-state index contributed by atoms with van der Waals surface area (Å²) in [7, 11) is 0. The summed E-state index contributed by atoms with van der Waals surface area (Å²) in [5.74, 6) is -1.91. The Balaban J connectivity index is 1.29. The van der Waals surface area contributed by atoms with E-state index < -0.39 is 17.8 Å². The Morgan fingerprint density at radius 3 is 2.20 bits per heavy atom. The van der Waals surface area contributed by atoms with E-state index in [0.29, 0.717) is 47.9 Å². The Hall–Kier alpha value is -4.87. The Kier molecular flexibility index (Phi) is 12.3. The number of amides is 3.